The minimum atomic E-state index is -1.04. The lowest BCUT2D eigenvalue weighted by Gasteiger charge is -2.45. The van der Waals surface area contributed by atoms with Crippen molar-refractivity contribution in [3.05, 3.63) is 71.8 Å². The molecule has 3 rings (SSSR count). The van der Waals surface area contributed by atoms with E-state index in [0.29, 0.717) is 6.61 Å². The zero-order chi connectivity index (χ0) is 29.1. The number of hydrogen-bond donors (Lipinski definition) is 0. The summed E-state index contributed by atoms with van der Waals surface area (Å²) in [6.07, 6.45) is -3.40. The molecule has 1 aliphatic heterocycles. The Morgan fingerprint density at radius 1 is 0.875 bits per heavy atom. The van der Waals surface area contributed by atoms with Crippen LogP contribution in [0.3, 0.4) is 0 Å². The molecule has 40 heavy (non-hydrogen) atoms. The molecular formula is C32H44O8. The summed E-state index contributed by atoms with van der Waals surface area (Å²) in [5.41, 5.74) is 1.16. The molecule has 0 radical (unpaired) electrons. The van der Waals surface area contributed by atoms with Crippen molar-refractivity contribution < 1.29 is 38.0 Å². The van der Waals surface area contributed by atoms with Gasteiger partial charge in [-0.1, -0.05) is 80.9 Å². The largest absolute Gasteiger partial charge is 0.455 e. The number of benzene rings is 2. The van der Waals surface area contributed by atoms with Crippen LogP contribution in [-0.2, 0) is 51.2 Å². The van der Waals surface area contributed by atoms with Gasteiger partial charge >= 0.3 is 11.9 Å². The van der Waals surface area contributed by atoms with E-state index in [1.807, 2.05) is 74.5 Å². The van der Waals surface area contributed by atoms with E-state index in [4.69, 9.17) is 28.4 Å². The van der Waals surface area contributed by atoms with Crippen LogP contribution in [-0.4, -0.2) is 56.4 Å². The molecule has 1 heterocycles. The molecule has 0 saturated carbocycles. The highest BCUT2D eigenvalue weighted by atomic mass is 16.7. The Kier molecular flexibility index (Phi) is 12.1. The molecule has 0 unspecified atom stereocenters. The fourth-order valence-electron chi connectivity index (χ4n) is 4.23. The summed E-state index contributed by atoms with van der Waals surface area (Å²) in [5.74, 6) is -0.730. The summed E-state index contributed by atoms with van der Waals surface area (Å²) < 4.78 is 36.3. The summed E-state index contributed by atoms with van der Waals surface area (Å²) >= 11 is 0. The van der Waals surface area contributed by atoms with E-state index < -0.39 is 48.1 Å². The van der Waals surface area contributed by atoms with E-state index in [9.17, 15) is 9.59 Å². The van der Waals surface area contributed by atoms with Crippen molar-refractivity contribution in [2.75, 3.05) is 13.7 Å². The molecule has 2 aromatic rings. The van der Waals surface area contributed by atoms with E-state index in [2.05, 4.69) is 0 Å². The first-order chi connectivity index (χ1) is 19.1. The first kappa shape index (κ1) is 31.7. The maximum atomic E-state index is 13.1. The van der Waals surface area contributed by atoms with Gasteiger partial charge < -0.3 is 28.4 Å². The van der Waals surface area contributed by atoms with Gasteiger partial charge in [0, 0.05) is 13.5 Å². The maximum absolute atomic E-state index is 13.1. The van der Waals surface area contributed by atoms with Crippen LogP contribution in [0.5, 0.6) is 0 Å². The predicted octanol–water partition coefficient (Wildman–Crippen LogP) is 5.47. The summed E-state index contributed by atoms with van der Waals surface area (Å²) in [6.45, 7) is 10.0. The van der Waals surface area contributed by atoms with Gasteiger partial charge in [0.15, 0.2) is 18.5 Å². The van der Waals surface area contributed by atoms with Crippen LogP contribution in [0.25, 0.3) is 0 Å². The van der Waals surface area contributed by atoms with Crippen LogP contribution < -0.4 is 0 Å². The Hall–Kier alpha value is -2.78. The third-order valence-corrected chi connectivity index (χ3v) is 6.84. The number of rotatable bonds is 13. The van der Waals surface area contributed by atoms with Gasteiger partial charge in [0.05, 0.1) is 25.2 Å². The van der Waals surface area contributed by atoms with E-state index in [-0.39, 0.29) is 25.6 Å². The zero-order valence-electron chi connectivity index (χ0n) is 24.5. The van der Waals surface area contributed by atoms with Gasteiger partial charge in [-0.3, -0.25) is 9.59 Å². The number of methoxy groups -OCH3 is 1. The number of esters is 2. The lowest BCUT2D eigenvalue weighted by Crippen LogP contribution is -2.62. The number of hydrogen-bond acceptors (Lipinski definition) is 8. The molecule has 220 valence electrons. The first-order valence-corrected chi connectivity index (χ1v) is 14.0. The highest BCUT2D eigenvalue weighted by Crippen LogP contribution is 2.32. The summed E-state index contributed by atoms with van der Waals surface area (Å²) in [4.78, 5) is 26.1. The SMILES string of the molecule is CC[C@@H](C)CC(=O)O[C@@H]1[C@H](OC(=O)C(C)(C)C)[C@@H](OC)O[C@H](COCc2ccccc2)[C@H]1OCc1ccccc1. The molecule has 0 amide bonds. The van der Waals surface area contributed by atoms with Crippen molar-refractivity contribution in [2.24, 2.45) is 11.3 Å². The normalized spacial score (nSPS) is 23.8. The standard InChI is InChI=1S/C32H44O8/c1-7-22(2)18-26(33)39-28-27(37-20-24-16-12-9-13-17-24)25(21-36-19-23-14-10-8-11-15-23)38-30(35-6)29(28)40-31(34)32(3,4)5/h8-17,22,25,27-30H,7,18-21H2,1-6H3/t22-,25-,27-,28+,29+,30+/m1/s1. The van der Waals surface area contributed by atoms with Crippen LogP contribution >= 0.6 is 0 Å². The van der Waals surface area contributed by atoms with Crippen molar-refractivity contribution in [1.82, 2.24) is 0 Å². The van der Waals surface area contributed by atoms with Crippen molar-refractivity contribution in [3.63, 3.8) is 0 Å². The Morgan fingerprint density at radius 3 is 2.02 bits per heavy atom. The Morgan fingerprint density at radius 2 is 1.48 bits per heavy atom. The van der Waals surface area contributed by atoms with Crippen molar-refractivity contribution in [1.29, 1.82) is 0 Å². The van der Waals surface area contributed by atoms with Crippen LogP contribution in [0.1, 0.15) is 58.6 Å². The third-order valence-electron chi connectivity index (χ3n) is 6.84. The Balaban J connectivity index is 1.90. The minimum absolute atomic E-state index is 0.134. The highest BCUT2D eigenvalue weighted by molar-refractivity contribution is 5.75. The number of carbonyl (C=O) groups is 2. The number of ether oxygens (including phenoxy) is 6. The van der Waals surface area contributed by atoms with Crippen LogP contribution in [0.2, 0.25) is 0 Å². The smallest absolute Gasteiger partial charge is 0.311 e. The zero-order valence-corrected chi connectivity index (χ0v) is 24.5. The van der Waals surface area contributed by atoms with Crippen LogP contribution in [0.15, 0.2) is 60.7 Å². The molecule has 8 heteroatoms. The maximum Gasteiger partial charge on any atom is 0.311 e. The van der Waals surface area contributed by atoms with E-state index in [1.165, 1.54) is 7.11 Å². The third kappa shape index (κ3) is 9.41. The lowest BCUT2D eigenvalue weighted by molar-refractivity contribution is -0.311. The molecule has 8 nitrogen and oxygen atoms in total. The predicted molar refractivity (Wildman–Crippen MR) is 150 cm³/mol. The molecule has 0 aromatic heterocycles. The van der Waals surface area contributed by atoms with E-state index in [0.717, 1.165) is 17.5 Å². The first-order valence-electron chi connectivity index (χ1n) is 14.0. The summed E-state index contributed by atoms with van der Waals surface area (Å²) in [6, 6.07) is 19.5. The van der Waals surface area contributed by atoms with Gasteiger partial charge in [-0.25, -0.2) is 0 Å². The van der Waals surface area contributed by atoms with Crippen molar-refractivity contribution in [3.8, 4) is 0 Å². The molecule has 6 atom stereocenters. The molecule has 0 N–H and O–H groups in total. The number of carbonyl (C=O) groups excluding carboxylic acids is 2. The van der Waals surface area contributed by atoms with Gasteiger partial charge in [-0.15, -0.1) is 0 Å². The Labute approximate surface area is 238 Å². The molecule has 0 bridgehead atoms. The van der Waals surface area contributed by atoms with Crippen molar-refractivity contribution in [2.45, 2.75) is 91.4 Å². The molecule has 0 spiro atoms. The summed E-state index contributed by atoms with van der Waals surface area (Å²) in [5, 5.41) is 0. The average Bonchev–Trinajstić information content (AvgIpc) is 2.94. The van der Waals surface area contributed by atoms with Gasteiger partial charge in [0.25, 0.3) is 0 Å². The topological polar surface area (TPSA) is 89.5 Å². The van der Waals surface area contributed by atoms with Crippen LogP contribution in [0, 0.1) is 11.3 Å². The van der Waals surface area contributed by atoms with Gasteiger partial charge in [0.2, 0.25) is 0 Å². The van der Waals surface area contributed by atoms with Crippen LogP contribution in [0.4, 0.5) is 0 Å². The molecule has 1 fully saturated rings. The van der Waals surface area contributed by atoms with E-state index >= 15 is 0 Å². The molecule has 1 aliphatic rings. The second-order valence-electron chi connectivity index (χ2n) is 11.3. The Bertz CT molecular complexity index is 1040. The minimum Gasteiger partial charge on any atom is -0.455 e. The monoisotopic (exact) mass is 556 g/mol. The van der Waals surface area contributed by atoms with E-state index in [1.54, 1.807) is 20.8 Å². The second-order valence-corrected chi connectivity index (χ2v) is 11.3. The highest BCUT2D eigenvalue weighted by Gasteiger charge is 2.52. The summed E-state index contributed by atoms with van der Waals surface area (Å²) in [7, 11) is 1.47. The second kappa shape index (κ2) is 15.3. The van der Waals surface area contributed by atoms with Gasteiger partial charge in [-0.2, -0.15) is 0 Å². The molecular weight excluding hydrogens is 512 g/mol. The molecule has 1 saturated heterocycles. The fourth-order valence-corrected chi connectivity index (χ4v) is 4.23. The van der Waals surface area contributed by atoms with Gasteiger partial charge in [0.1, 0.15) is 12.2 Å². The average molecular weight is 557 g/mol. The fraction of sp³-hybridized carbons (Fsp3) is 0.562. The quantitative estimate of drug-likeness (QED) is 0.300. The van der Waals surface area contributed by atoms with Crippen molar-refractivity contribution >= 4 is 11.9 Å². The lowest BCUT2D eigenvalue weighted by atomic mass is 9.95. The van der Waals surface area contributed by atoms with Gasteiger partial charge in [-0.05, 0) is 37.8 Å². The molecule has 0 aliphatic carbocycles. The molecule has 2 aromatic carbocycles.